The third-order valence-corrected chi connectivity index (χ3v) is 17.0. The summed E-state index contributed by atoms with van der Waals surface area (Å²) in [6.45, 7) is 13.9. The summed E-state index contributed by atoms with van der Waals surface area (Å²) < 4.78 is 134. The van der Waals surface area contributed by atoms with E-state index in [1.165, 1.54) is 26.1 Å². The Labute approximate surface area is 469 Å². The van der Waals surface area contributed by atoms with Crippen molar-refractivity contribution in [2.24, 2.45) is 5.92 Å². The van der Waals surface area contributed by atoms with E-state index in [0.717, 1.165) is 24.8 Å². The number of anilines is 1. The number of sulfonamides is 1. The Hall–Kier alpha value is -5.66. The zero-order valence-electron chi connectivity index (χ0n) is 46.1. The van der Waals surface area contributed by atoms with Gasteiger partial charge in [0.05, 0.1) is 69.3 Å². The molecule has 6 aromatic rings. The molecule has 81 heavy (non-hydrogen) atoms. The van der Waals surface area contributed by atoms with Crippen LogP contribution in [0.1, 0.15) is 138 Å². The predicted octanol–water partition coefficient (Wildman–Crippen LogP) is 9.12. The molecule has 11 rings (SSSR count). The van der Waals surface area contributed by atoms with Gasteiger partial charge in [0, 0.05) is 87.5 Å². The van der Waals surface area contributed by atoms with Crippen molar-refractivity contribution in [3.05, 3.63) is 103 Å². The lowest BCUT2D eigenvalue weighted by Crippen LogP contribution is -2.57. The minimum absolute atomic E-state index is 0.0298. The fourth-order valence-electron chi connectivity index (χ4n) is 13.3. The molecule has 4 fully saturated rings. The van der Waals surface area contributed by atoms with Crippen LogP contribution in [0.2, 0.25) is 5.02 Å². The largest absolute Gasteiger partial charge is 0.373 e. The molecule has 5 aliphatic rings. The smallest absolute Gasteiger partial charge is 0.282 e. The fourth-order valence-corrected chi connectivity index (χ4v) is 14.1. The van der Waals surface area contributed by atoms with Gasteiger partial charge in [-0.05, 0) is 121 Å². The number of pyridine rings is 1. The lowest BCUT2D eigenvalue weighted by atomic mass is 9.84. The summed E-state index contributed by atoms with van der Waals surface area (Å²) in [5, 5.41) is 12.2. The number of hydrogen-bond acceptors (Lipinski definition) is 12. The van der Waals surface area contributed by atoms with Crippen LogP contribution in [0.4, 0.5) is 32.2 Å². The first kappa shape index (κ1) is 57.2. The van der Waals surface area contributed by atoms with Gasteiger partial charge in [-0.2, -0.15) is 10.2 Å². The van der Waals surface area contributed by atoms with Gasteiger partial charge in [-0.15, -0.1) is 0 Å². The number of fused-ring (bicyclic) bond motifs is 5. The molecule has 2 saturated heterocycles. The van der Waals surface area contributed by atoms with Gasteiger partial charge in [0.1, 0.15) is 29.7 Å². The highest BCUT2D eigenvalue weighted by Crippen LogP contribution is 2.58. The molecular formula is C56H66ClF6N11O6S. The van der Waals surface area contributed by atoms with Crippen molar-refractivity contribution >= 4 is 55.3 Å². The van der Waals surface area contributed by atoms with E-state index < -0.39 is 87.3 Å². The third kappa shape index (κ3) is 12.1. The van der Waals surface area contributed by atoms with Gasteiger partial charge >= 0.3 is 0 Å². The molecule has 2 aromatic carbocycles. The molecule has 2 N–H and O–H groups in total. The van der Waals surface area contributed by atoms with Crippen LogP contribution >= 0.6 is 11.6 Å². The van der Waals surface area contributed by atoms with Crippen LogP contribution in [-0.2, 0) is 56.8 Å². The number of nitrogens with one attached hydrogen (secondary N) is 2. The Bertz CT molecular complexity index is 3590. The topological polar surface area (TPSA) is 184 Å². The third-order valence-electron chi connectivity index (χ3n) is 16.1. The average molecular weight is 1170 g/mol. The quantitative estimate of drug-likeness (QED) is 0.0878. The van der Waals surface area contributed by atoms with Crippen LogP contribution in [0.25, 0.3) is 27.6 Å². The molecule has 4 aromatic heterocycles. The summed E-state index contributed by atoms with van der Waals surface area (Å²) >= 11 is 7.07. The summed E-state index contributed by atoms with van der Waals surface area (Å²) in [7, 11) is -4.02. The molecule has 0 unspecified atom stereocenters. The second kappa shape index (κ2) is 21.2. The van der Waals surface area contributed by atoms with Crippen LogP contribution in [0.3, 0.4) is 0 Å². The van der Waals surface area contributed by atoms with Crippen molar-refractivity contribution in [1.29, 1.82) is 0 Å². The van der Waals surface area contributed by atoms with Crippen molar-refractivity contribution in [3.8, 4) is 5.69 Å². The number of nitrogens with zero attached hydrogens (tertiary/aromatic N) is 9. The van der Waals surface area contributed by atoms with E-state index in [2.05, 4.69) is 24.9 Å². The number of alkyl halides is 4. The highest BCUT2D eigenvalue weighted by molar-refractivity contribution is 7.92. The molecule has 5 atom stereocenters. The Morgan fingerprint density at radius 2 is 1.58 bits per heavy atom. The van der Waals surface area contributed by atoms with E-state index in [0.29, 0.717) is 67.7 Å². The summed E-state index contributed by atoms with van der Waals surface area (Å²) in [6.07, 6.45) is -2.15. The predicted molar refractivity (Wildman–Crippen MR) is 292 cm³/mol. The maximum absolute atomic E-state index is 16.4. The van der Waals surface area contributed by atoms with E-state index in [-0.39, 0.29) is 113 Å². The molecule has 1 amide bonds. The van der Waals surface area contributed by atoms with Gasteiger partial charge in [-0.25, -0.2) is 44.7 Å². The maximum atomic E-state index is 16.4. The van der Waals surface area contributed by atoms with Crippen molar-refractivity contribution in [3.63, 3.8) is 0 Å². The van der Waals surface area contributed by atoms with E-state index in [9.17, 15) is 30.8 Å². The summed E-state index contributed by atoms with van der Waals surface area (Å²) in [5.74, 6) is -6.27. The molecule has 2 saturated carbocycles. The number of rotatable bonds is 16. The fraction of sp³-hybridized carbons (Fsp3) is 0.571. The molecule has 3 aliphatic carbocycles. The molecule has 0 bridgehead atoms. The summed E-state index contributed by atoms with van der Waals surface area (Å²) in [5.41, 5.74) is -0.225. The minimum atomic E-state index is -4.02. The van der Waals surface area contributed by atoms with Crippen molar-refractivity contribution in [2.45, 2.75) is 160 Å². The minimum Gasteiger partial charge on any atom is -0.373 e. The first-order valence-corrected chi connectivity index (χ1v) is 29.8. The Morgan fingerprint density at radius 1 is 0.901 bits per heavy atom. The summed E-state index contributed by atoms with van der Waals surface area (Å²) in [6, 6.07) is 6.11. The number of carbonyl (C=O) groups is 1. The second-order valence-corrected chi connectivity index (χ2v) is 26.4. The van der Waals surface area contributed by atoms with Gasteiger partial charge in [0.25, 0.3) is 12.0 Å². The second-order valence-electron chi connectivity index (χ2n) is 24.3. The van der Waals surface area contributed by atoms with E-state index in [1.807, 2.05) is 41.5 Å². The standard InChI is InChI=1S/C56H66ClF6N11O6S/c1-29-23-71(24-30(2)79-29)25-34-20-39(32-10-12-56(62,63)13-11-32)65-50-44(34)53(76)74(41-9-8-38(57)46-48(41)72(68-51(46)69-81(7,77)78)15-14-70-27-54(3,4)80-55(5,6)28-70)52(66-50)40(18-31-16-35(58)22-36(59)17-31)64-43(75)26-73-42-21-33-19-37(33)45(42)47(67-73)49(60)61/h8-9,16-17,20,22,29-30,32-33,37,40,49H,10-15,18-19,21,23-28H2,1-7H3,(H,64,75)(H,68,69)/t29-,30+,33-,37-,40-/m0/s1. The SMILES string of the molecule is C[C@@H]1CN(Cc2cc(C3CCC(F)(F)CC3)nc3nc([C@H](Cc4cc(F)cc(F)c4)NC(=O)Cn4nc(C(F)F)c5c4C[C@@H]4C[C@H]54)n(-c4ccc(Cl)c5c(NS(C)(=O)=O)nn(CCN6CC(C)(C)OC(C)(C)C6)c45)c(=O)c23)C[C@H](C)O1. The van der Waals surface area contributed by atoms with E-state index in [1.54, 1.807) is 6.07 Å². The zero-order chi connectivity index (χ0) is 57.8. The Kier molecular flexibility index (Phi) is 15.0. The van der Waals surface area contributed by atoms with Crippen molar-refractivity contribution in [2.75, 3.05) is 43.7 Å². The number of morpholine rings is 2. The number of ether oxygens (including phenoxy) is 2. The van der Waals surface area contributed by atoms with Crippen LogP contribution < -0.4 is 15.6 Å². The van der Waals surface area contributed by atoms with E-state index >= 15 is 13.6 Å². The van der Waals surface area contributed by atoms with Crippen LogP contribution in [0.5, 0.6) is 0 Å². The monoisotopic (exact) mass is 1170 g/mol. The van der Waals surface area contributed by atoms with Gasteiger partial charge < -0.3 is 14.8 Å². The molecule has 6 heterocycles. The number of benzene rings is 2. The van der Waals surface area contributed by atoms with Gasteiger partial charge in [0.15, 0.2) is 11.5 Å². The lowest BCUT2D eigenvalue weighted by molar-refractivity contribution is -0.180. The normalized spacial score (nSPS) is 23.2. The first-order chi connectivity index (χ1) is 38.1. The van der Waals surface area contributed by atoms with Crippen LogP contribution in [0, 0.1) is 17.6 Å². The zero-order valence-corrected chi connectivity index (χ0v) is 47.7. The number of carbonyl (C=O) groups excluding carboxylic acids is 1. The molecule has 2 aliphatic heterocycles. The Morgan fingerprint density at radius 3 is 2.23 bits per heavy atom. The van der Waals surface area contributed by atoms with Crippen LogP contribution in [0.15, 0.2) is 41.2 Å². The van der Waals surface area contributed by atoms with E-state index in [4.69, 9.17) is 36.1 Å². The lowest BCUT2D eigenvalue weighted by Gasteiger charge is -2.47. The highest BCUT2D eigenvalue weighted by Gasteiger charge is 2.50. The summed E-state index contributed by atoms with van der Waals surface area (Å²) in [4.78, 5) is 45.7. The van der Waals surface area contributed by atoms with Crippen molar-refractivity contribution < 1.29 is 49.0 Å². The average Bonchev–Trinajstić information content (AvgIpc) is 2.46. The highest BCUT2D eigenvalue weighted by atomic mass is 35.5. The van der Waals surface area contributed by atoms with Gasteiger partial charge in [-0.3, -0.25) is 38.0 Å². The number of halogens is 7. The molecular weight excluding hydrogens is 1100 g/mol. The molecule has 0 spiro atoms. The number of hydrogen-bond donors (Lipinski definition) is 2. The Balaban J connectivity index is 1.15. The number of aromatic nitrogens is 7. The molecule has 25 heteroatoms. The molecule has 0 radical (unpaired) electrons. The van der Waals surface area contributed by atoms with Gasteiger partial charge in [-0.1, -0.05) is 11.6 Å². The first-order valence-electron chi connectivity index (χ1n) is 27.5. The molecule has 17 nitrogen and oxygen atoms in total. The van der Waals surface area contributed by atoms with Crippen molar-refractivity contribution in [1.82, 2.24) is 49.2 Å². The van der Waals surface area contributed by atoms with Gasteiger partial charge in [0.2, 0.25) is 21.9 Å². The number of amides is 1. The molecule has 436 valence electrons. The van der Waals surface area contributed by atoms with Crippen LogP contribution in [-0.4, -0.2) is 127 Å². The maximum Gasteiger partial charge on any atom is 0.282 e.